The van der Waals surface area contributed by atoms with Gasteiger partial charge in [-0.3, -0.25) is 0 Å². The largest absolute Gasteiger partial charge is 0.510 e. The molecule has 5 heteroatoms. The molecule has 0 spiro atoms. The zero-order chi connectivity index (χ0) is 14.3. The van der Waals surface area contributed by atoms with E-state index in [1.54, 1.807) is 43.3 Å². The first kappa shape index (κ1) is 14.5. The highest BCUT2D eigenvalue weighted by atomic mass is 16.5. The molecule has 0 aliphatic rings. The predicted molar refractivity (Wildman–Crippen MR) is 72.4 cm³/mol. The summed E-state index contributed by atoms with van der Waals surface area (Å²) in [4.78, 5) is 14.4. The predicted octanol–water partition coefficient (Wildman–Crippen LogP) is 3.36. The Hall–Kier alpha value is -2.61. The Balaban J connectivity index is 3.34. The minimum absolute atomic E-state index is 0.127. The van der Waals surface area contributed by atoms with Crippen molar-refractivity contribution in [2.24, 2.45) is 0 Å². The topological polar surface area (TPSA) is 74.7 Å². The van der Waals surface area contributed by atoms with Gasteiger partial charge in [-0.05, 0) is 19.4 Å². The summed E-state index contributed by atoms with van der Waals surface area (Å²) in [6.45, 7) is 3.58. The van der Waals surface area contributed by atoms with Crippen LogP contribution in [0.15, 0.2) is 36.0 Å². The molecule has 5 nitrogen and oxygen atoms in total. The number of nitrogens with zero attached hydrogens (tertiary/aromatic N) is 2. The van der Waals surface area contributed by atoms with E-state index in [2.05, 4.69) is 4.98 Å². The van der Waals surface area contributed by atoms with Crippen LogP contribution in [0.4, 0.5) is 0 Å². The molecule has 1 rings (SSSR count). The van der Waals surface area contributed by atoms with Crippen molar-refractivity contribution in [2.45, 2.75) is 13.8 Å². The van der Waals surface area contributed by atoms with Crippen molar-refractivity contribution >= 4 is 17.8 Å². The smallest absolute Gasteiger partial charge is 0.501 e. The van der Waals surface area contributed by atoms with E-state index in [1.165, 1.54) is 0 Å². The molecular formula is C14H15N2O3+. The molecular weight excluding hydrogens is 244 g/mol. The number of carbonyl (C=O) groups excluding carboxylic acids is 1. The van der Waals surface area contributed by atoms with Crippen LogP contribution in [-0.2, 0) is 9.53 Å². The van der Waals surface area contributed by atoms with E-state index in [1.807, 2.05) is 6.92 Å². The first-order valence-electron chi connectivity index (χ1n) is 5.83. The Morgan fingerprint density at radius 3 is 2.74 bits per heavy atom. The Labute approximate surface area is 111 Å². The molecule has 0 heterocycles. The number of esters is 1. The van der Waals surface area contributed by atoms with Gasteiger partial charge in [0.1, 0.15) is 0 Å². The van der Waals surface area contributed by atoms with Crippen LogP contribution < -0.4 is 0 Å². The number of carbonyl (C=O) groups is 1. The Morgan fingerprint density at radius 2 is 2.16 bits per heavy atom. The monoisotopic (exact) mass is 259 g/mol. The Bertz CT molecular complexity index is 568. The Morgan fingerprint density at radius 1 is 1.47 bits per heavy atom. The van der Waals surface area contributed by atoms with Crippen LogP contribution in [0.25, 0.3) is 16.8 Å². The van der Waals surface area contributed by atoms with Crippen molar-refractivity contribution in [3.63, 3.8) is 0 Å². The maximum absolute atomic E-state index is 11.5. The summed E-state index contributed by atoms with van der Waals surface area (Å²) in [5, 5.41) is 18.9. The second-order valence-electron chi connectivity index (χ2n) is 3.60. The molecule has 1 aromatic carbocycles. The summed E-state index contributed by atoms with van der Waals surface area (Å²) in [7, 11) is 0. The molecule has 0 unspecified atom stereocenters. The third kappa shape index (κ3) is 3.42. The number of allylic oxidation sites excluding steroid dienone is 1. The molecule has 0 bridgehead atoms. The number of hydrogen-bond donors (Lipinski definition) is 1. The Kier molecular flexibility index (Phi) is 5.30. The fraction of sp³-hybridized carbons (Fsp3) is 0.214. The summed E-state index contributed by atoms with van der Waals surface area (Å²) in [5.41, 5.74) is 0.577. The third-order valence-corrected chi connectivity index (χ3v) is 2.36. The summed E-state index contributed by atoms with van der Waals surface area (Å²) in [6, 6.07) is 6.89. The van der Waals surface area contributed by atoms with Gasteiger partial charge in [0.05, 0.1) is 6.61 Å². The number of aliphatic hydroxyl groups is 1. The van der Waals surface area contributed by atoms with Crippen LogP contribution in [0.5, 0.6) is 0 Å². The summed E-state index contributed by atoms with van der Waals surface area (Å²) < 4.78 is 4.71. The lowest BCUT2D eigenvalue weighted by Crippen LogP contribution is -2.08. The highest BCUT2D eigenvalue weighted by Crippen LogP contribution is 2.23. The third-order valence-electron chi connectivity index (χ3n) is 2.36. The lowest BCUT2D eigenvalue weighted by atomic mass is 10.0. The average Bonchev–Trinajstić information content (AvgIpc) is 2.40. The van der Waals surface area contributed by atoms with Crippen molar-refractivity contribution in [1.82, 2.24) is 0 Å². The first-order valence-corrected chi connectivity index (χ1v) is 5.83. The maximum atomic E-state index is 11.5. The number of ether oxygens (including phenoxy) is 1. The van der Waals surface area contributed by atoms with Crippen LogP contribution in [0.3, 0.4) is 0 Å². The van der Waals surface area contributed by atoms with Crippen molar-refractivity contribution in [1.29, 1.82) is 5.39 Å². The van der Waals surface area contributed by atoms with Gasteiger partial charge in [0.15, 0.2) is 4.98 Å². The van der Waals surface area contributed by atoms with Crippen LogP contribution in [0, 0.1) is 5.39 Å². The molecule has 1 N–H and O–H groups in total. The molecule has 0 atom stereocenters. The van der Waals surface area contributed by atoms with Crippen molar-refractivity contribution in [2.75, 3.05) is 6.61 Å². The molecule has 0 fully saturated rings. The van der Waals surface area contributed by atoms with Gasteiger partial charge in [0.2, 0.25) is 11.2 Å². The van der Waals surface area contributed by atoms with Crippen molar-refractivity contribution in [3.05, 3.63) is 52.1 Å². The molecule has 0 radical (unpaired) electrons. The van der Waals surface area contributed by atoms with E-state index in [0.717, 1.165) is 0 Å². The lowest BCUT2D eigenvalue weighted by Gasteiger charge is -2.03. The SMILES string of the molecule is C/C=C/c1ccccc1/C(O)=C(\[N+]#N)C(=O)OCC. The fourth-order valence-electron chi connectivity index (χ4n) is 1.55. The van der Waals surface area contributed by atoms with Gasteiger partial charge in [-0.25, -0.2) is 4.79 Å². The normalized spacial score (nSPS) is 11.8. The number of rotatable bonds is 4. The van der Waals surface area contributed by atoms with Crippen LogP contribution in [-0.4, -0.2) is 17.7 Å². The zero-order valence-electron chi connectivity index (χ0n) is 10.8. The van der Waals surface area contributed by atoms with E-state index in [4.69, 9.17) is 10.1 Å². The minimum atomic E-state index is -0.877. The second-order valence-corrected chi connectivity index (χ2v) is 3.60. The second kappa shape index (κ2) is 6.97. The fourth-order valence-corrected chi connectivity index (χ4v) is 1.55. The van der Waals surface area contributed by atoms with E-state index in [0.29, 0.717) is 11.1 Å². The highest BCUT2D eigenvalue weighted by Gasteiger charge is 2.32. The van der Waals surface area contributed by atoms with Gasteiger partial charge in [-0.1, -0.05) is 36.4 Å². The summed E-state index contributed by atoms with van der Waals surface area (Å²) >= 11 is 0. The quantitative estimate of drug-likeness (QED) is 0.389. The molecule has 1 aromatic rings. The zero-order valence-corrected chi connectivity index (χ0v) is 10.8. The van der Waals surface area contributed by atoms with Gasteiger partial charge < -0.3 is 9.84 Å². The van der Waals surface area contributed by atoms with Crippen molar-refractivity contribution < 1.29 is 14.6 Å². The minimum Gasteiger partial charge on any atom is -0.501 e. The number of diazo groups is 1. The van der Waals surface area contributed by atoms with Crippen LogP contribution in [0.1, 0.15) is 25.0 Å². The van der Waals surface area contributed by atoms with E-state index in [9.17, 15) is 9.90 Å². The average molecular weight is 259 g/mol. The van der Waals surface area contributed by atoms with Gasteiger partial charge in [-0.2, -0.15) is 0 Å². The molecule has 19 heavy (non-hydrogen) atoms. The van der Waals surface area contributed by atoms with E-state index >= 15 is 0 Å². The van der Waals surface area contributed by atoms with E-state index < -0.39 is 17.4 Å². The highest BCUT2D eigenvalue weighted by molar-refractivity contribution is 5.98. The molecule has 0 saturated carbocycles. The molecule has 0 aliphatic heterocycles. The van der Waals surface area contributed by atoms with Gasteiger partial charge in [0.25, 0.3) is 0 Å². The van der Waals surface area contributed by atoms with Gasteiger partial charge >= 0.3 is 11.7 Å². The number of hydrogen-bond acceptors (Lipinski definition) is 4. The first-order chi connectivity index (χ1) is 9.15. The van der Waals surface area contributed by atoms with E-state index in [-0.39, 0.29) is 6.61 Å². The number of benzene rings is 1. The van der Waals surface area contributed by atoms with Crippen LogP contribution >= 0.6 is 0 Å². The lowest BCUT2D eigenvalue weighted by molar-refractivity contribution is -0.138. The van der Waals surface area contributed by atoms with Gasteiger partial charge in [-0.15, -0.1) is 0 Å². The van der Waals surface area contributed by atoms with Crippen molar-refractivity contribution in [3.8, 4) is 0 Å². The standard InChI is InChI=1S/C14H14N2O3/c1-3-7-10-8-5-6-9-11(10)13(17)12(16-15)14(18)19-4-2/h3,5-9H,4H2,1-2H3/p+1/b7-3+. The summed E-state index contributed by atoms with van der Waals surface area (Å²) in [5.74, 6) is -1.30. The molecule has 0 aromatic heterocycles. The molecule has 0 aliphatic carbocycles. The van der Waals surface area contributed by atoms with Gasteiger partial charge in [0, 0.05) is 5.56 Å². The molecule has 0 amide bonds. The van der Waals surface area contributed by atoms with Crippen LogP contribution in [0.2, 0.25) is 0 Å². The number of aliphatic hydroxyl groups excluding tert-OH is 1. The molecule has 98 valence electrons. The summed E-state index contributed by atoms with van der Waals surface area (Å²) in [6.07, 6.45) is 3.57. The molecule has 0 saturated heterocycles. The maximum Gasteiger partial charge on any atom is 0.510 e.